The van der Waals surface area contributed by atoms with Gasteiger partial charge in [0.05, 0.1) is 7.11 Å². The Labute approximate surface area is 57.1 Å². The summed E-state index contributed by atoms with van der Waals surface area (Å²) in [5.74, 6) is -4.32. The van der Waals surface area contributed by atoms with Crippen molar-refractivity contribution >= 4 is 5.97 Å². The van der Waals surface area contributed by atoms with E-state index >= 15 is 0 Å². The predicted molar refractivity (Wildman–Crippen MR) is 30.6 cm³/mol. The molecular weight excluding hydrogens is 144 g/mol. The first-order valence-electron chi connectivity index (χ1n) is 2.61. The fourth-order valence-corrected chi connectivity index (χ4v) is 0.334. The molecule has 0 aromatic carbocycles. The third-order valence-corrected chi connectivity index (χ3v) is 1.00. The van der Waals surface area contributed by atoms with E-state index in [9.17, 15) is 13.6 Å². The number of halogens is 2. The molecule has 10 heavy (non-hydrogen) atoms. The van der Waals surface area contributed by atoms with Gasteiger partial charge in [0.15, 0.2) is 6.04 Å². The molecule has 2 N–H and O–H groups in total. The van der Waals surface area contributed by atoms with Crippen molar-refractivity contribution in [2.24, 2.45) is 5.73 Å². The molecule has 0 bridgehead atoms. The van der Waals surface area contributed by atoms with Gasteiger partial charge in [-0.25, -0.2) is 8.78 Å². The van der Waals surface area contributed by atoms with Crippen LogP contribution in [-0.2, 0) is 9.53 Å². The molecule has 3 nitrogen and oxygen atoms in total. The van der Waals surface area contributed by atoms with Crippen molar-refractivity contribution < 1.29 is 18.3 Å². The Morgan fingerprint density at radius 3 is 2.20 bits per heavy atom. The van der Waals surface area contributed by atoms with E-state index in [1.54, 1.807) is 0 Å². The highest BCUT2D eigenvalue weighted by molar-refractivity contribution is 5.76. The number of hydrogen-bond acceptors (Lipinski definition) is 3. The molecule has 0 heterocycles. The van der Waals surface area contributed by atoms with Crippen molar-refractivity contribution in [1.29, 1.82) is 0 Å². The molecule has 0 aliphatic carbocycles. The van der Waals surface area contributed by atoms with Crippen molar-refractivity contribution in [3.63, 3.8) is 0 Å². The molecule has 0 spiro atoms. The molecule has 0 rings (SSSR count). The quantitative estimate of drug-likeness (QED) is 0.574. The highest BCUT2D eigenvalue weighted by atomic mass is 19.3. The number of methoxy groups -OCH3 is 1. The minimum absolute atomic E-state index is 0.564. The van der Waals surface area contributed by atoms with Gasteiger partial charge in [-0.15, -0.1) is 0 Å². The van der Waals surface area contributed by atoms with Gasteiger partial charge in [0, 0.05) is 6.92 Å². The van der Waals surface area contributed by atoms with Crippen LogP contribution in [0, 0.1) is 0 Å². The lowest BCUT2D eigenvalue weighted by atomic mass is 10.2. The van der Waals surface area contributed by atoms with Crippen molar-refractivity contribution in [2.75, 3.05) is 7.11 Å². The summed E-state index contributed by atoms with van der Waals surface area (Å²) >= 11 is 0. The van der Waals surface area contributed by atoms with Crippen LogP contribution in [0.1, 0.15) is 6.92 Å². The maximum atomic E-state index is 12.1. The maximum absolute atomic E-state index is 12.1. The lowest BCUT2D eigenvalue weighted by molar-refractivity contribution is -0.150. The maximum Gasteiger partial charge on any atom is 0.328 e. The molecule has 0 saturated heterocycles. The van der Waals surface area contributed by atoms with Crippen LogP contribution in [0.5, 0.6) is 0 Å². The van der Waals surface area contributed by atoms with E-state index in [0.29, 0.717) is 6.92 Å². The summed E-state index contributed by atoms with van der Waals surface area (Å²) in [5.41, 5.74) is 4.78. The average Bonchev–Trinajstić information content (AvgIpc) is 1.83. The first kappa shape index (κ1) is 9.29. The molecule has 0 fully saturated rings. The van der Waals surface area contributed by atoms with Gasteiger partial charge in [0.2, 0.25) is 0 Å². The molecular formula is C5H9F2NO2. The van der Waals surface area contributed by atoms with E-state index in [2.05, 4.69) is 4.74 Å². The van der Waals surface area contributed by atoms with E-state index < -0.39 is 17.9 Å². The molecule has 60 valence electrons. The van der Waals surface area contributed by atoms with E-state index in [-0.39, 0.29) is 0 Å². The molecule has 0 aromatic rings. The fraction of sp³-hybridized carbons (Fsp3) is 0.800. The Balaban J connectivity index is 4.08. The lowest BCUT2D eigenvalue weighted by Gasteiger charge is -2.15. The zero-order valence-electron chi connectivity index (χ0n) is 5.73. The first-order valence-corrected chi connectivity index (χ1v) is 2.61. The van der Waals surface area contributed by atoms with Crippen LogP contribution in [0.4, 0.5) is 8.78 Å². The number of carbonyl (C=O) groups excluding carboxylic acids is 1. The Morgan fingerprint density at radius 1 is 1.70 bits per heavy atom. The number of nitrogens with two attached hydrogens (primary N) is 1. The van der Waals surface area contributed by atoms with Crippen LogP contribution in [0.3, 0.4) is 0 Å². The Kier molecular flexibility index (Phi) is 2.71. The van der Waals surface area contributed by atoms with E-state index in [1.807, 2.05) is 0 Å². The summed E-state index contributed by atoms with van der Waals surface area (Å²) in [6, 6.07) is -1.86. The Hall–Kier alpha value is -0.710. The summed E-state index contributed by atoms with van der Waals surface area (Å²) in [4.78, 5) is 10.3. The largest absolute Gasteiger partial charge is 0.468 e. The molecule has 0 aliphatic rings. The zero-order chi connectivity index (χ0) is 8.36. The predicted octanol–water partition coefficient (Wildman–Crippen LogP) is 0.142. The molecule has 0 saturated carbocycles. The topological polar surface area (TPSA) is 52.3 Å². The molecule has 5 heteroatoms. The van der Waals surface area contributed by atoms with Gasteiger partial charge in [0.25, 0.3) is 5.92 Å². The van der Waals surface area contributed by atoms with Crippen LogP contribution in [-0.4, -0.2) is 25.0 Å². The van der Waals surface area contributed by atoms with E-state index in [0.717, 1.165) is 7.11 Å². The summed E-state index contributed by atoms with van der Waals surface area (Å²) in [6.07, 6.45) is 0. The summed E-state index contributed by atoms with van der Waals surface area (Å²) in [7, 11) is 1.01. The minimum atomic E-state index is -3.22. The van der Waals surface area contributed by atoms with Gasteiger partial charge in [0.1, 0.15) is 0 Å². The number of alkyl halides is 2. The van der Waals surface area contributed by atoms with Crippen LogP contribution >= 0.6 is 0 Å². The second-order valence-electron chi connectivity index (χ2n) is 1.96. The second kappa shape index (κ2) is 2.92. The van der Waals surface area contributed by atoms with Crippen molar-refractivity contribution in [3.8, 4) is 0 Å². The third-order valence-electron chi connectivity index (χ3n) is 1.00. The van der Waals surface area contributed by atoms with Gasteiger partial charge in [-0.2, -0.15) is 0 Å². The number of ether oxygens (including phenoxy) is 1. The number of esters is 1. The summed E-state index contributed by atoms with van der Waals surface area (Å²) < 4.78 is 28.2. The lowest BCUT2D eigenvalue weighted by Crippen LogP contribution is -2.45. The van der Waals surface area contributed by atoms with Gasteiger partial charge < -0.3 is 10.5 Å². The highest BCUT2D eigenvalue weighted by Gasteiger charge is 2.37. The highest BCUT2D eigenvalue weighted by Crippen LogP contribution is 2.15. The van der Waals surface area contributed by atoms with Gasteiger partial charge in [-0.3, -0.25) is 4.79 Å². The van der Waals surface area contributed by atoms with Crippen LogP contribution < -0.4 is 5.73 Å². The van der Waals surface area contributed by atoms with E-state index in [4.69, 9.17) is 5.73 Å². The standard InChI is InChI=1S/C5H9F2NO2/c1-5(6,7)3(8)4(9)10-2/h3H,8H2,1-2H3. The number of rotatable bonds is 2. The fourth-order valence-electron chi connectivity index (χ4n) is 0.334. The molecule has 1 unspecified atom stereocenters. The zero-order valence-corrected chi connectivity index (χ0v) is 5.73. The molecule has 0 aromatic heterocycles. The van der Waals surface area contributed by atoms with Crippen LogP contribution in [0.2, 0.25) is 0 Å². The Bertz CT molecular complexity index is 132. The van der Waals surface area contributed by atoms with Gasteiger partial charge >= 0.3 is 5.97 Å². The number of carbonyl (C=O) groups is 1. The monoisotopic (exact) mass is 153 g/mol. The average molecular weight is 153 g/mol. The molecule has 0 amide bonds. The van der Waals surface area contributed by atoms with Crippen molar-refractivity contribution in [2.45, 2.75) is 18.9 Å². The van der Waals surface area contributed by atoms with Gasteiger partial charge in [-0.1, -0.05) is 0 Å². The van der Waals surface area contributed by atoms with Crippen molar-refractivity contribution in [1.82, 2.24) is 0 Å². The molecule has 1 atom stereocenters. The molecule has 0 aliphatic heterocycles. The summed E-state index contributed by atoms with van der Waals surface area (Å²) in [6.45, 7) is 0.564. The van der Waals surface area contributed by atoms with Crippen LogP contribution in [0.25, 0.3) is 0 Å². The molecule has 0 radical (unpaired) electrons. The minimum Gasteiger partial charge on any atom is -0.468 e. The van der Waals surface area contributed by atoms with E-state index in [1.165, 1.54) is 0 Å². The van der Waals surface area contributed by atoms with Crippen molar-refractivity contribution in [3.05, 3.63) is 0 Å². The van der Waals surface area contributed by atoms with Gasteiger partial charge in [-0.05, 0) is 0 Å². The smallest absolute Gasteiger partial charge is 0.328 e. The third kappa shape index (κ3) is 2.26. The second-order valence-corrected chi connectivity index (χ2v) is 1.96. The summed E-state index contributed by atoms with van der Waals surface area (Å²) in [5, 5.41) is 0. The Morgan fingerprint density at radius 2 is 2.10 bits per heavy atom. The first-order chi connectivity index (χ1) is 4.39. The number of hydrogen-bond donors (Lipinski definition) is 1. The van der Waals surface area contributed by atoms with Crippen LogP contribution in [0.15, 0.2) is 0 Å². The normalized spacial score (nSPS) is 14.5. The SMILES string of the molecule is COC(=O)C(N)C(C)(F)F.